The minimum absolute atomic E-state index is 0.0724. The number of benzene rings is 2. The molecule has 2 aromatic carbocycles. The second-order valence-electron chi connectivity index (χ2n) is 7.28. The van der Waals surface area contributed by atoms with Gasteiger partial charge in [-0.15, -0.1) is 0 Å². The molecule has 0 amide bonds. The average molecular weight is 354 g/mol. The van der Waals surface area contributed by atoms with Crippen LogP contribution in [0, 0.1) is 5.92 Å². The Hall–Kier alpha value is -2.20. The summed E-state index contributed by atoms with van der Waals surface area (Å²) in [6, 6.07) is 12.1. The first-order valence-electron chi connectivity index (χ1n) is 9.25. The van der Waals surface area contributed by atoms with E-state index in [0.29, 0.717) is 11.8 Å². The van der Waals surface area contributed by atoms with Gasteiger partial charge in [0.25, 0.3) is 0 Å². The molecule has 26 heavy (non-hydrogen) atoms. The predicted octanol–water partition coefficient (Wildman–Crippen LogP) is 4.43. The summed E-state index contributed by atoms with van der Waals surface area (Å²) in [5, 5.41) is 11.4. The van der Waals surface area contributed by atoms with Crippen LogP contribution >= 0.6 is 0 Å². The Morgan fingerprint density at radius 3 is 2.27 bits per heavy atom. The molecule has 0 spiro atoms. The zero-order valence-electron chi connectivity index (χ0n) is 15.6. The molecule has 0 bridgehead atoms. The maximum atomic E-state index is 11.4. The van der Waals surface area contributed by atoms with Gasteiger partial charge in [-0.1, -0.05) is 18.6 Å². The molecule has 0 aliphatic heterocycles. The molecule has 1 saturated carbocycles. The van der Waals surface area contributed by atoms with Crippen molar-refractivity contribution >= 4 is 0 Å². The van der Waals surface area contributed by atoms with Gasteiger partial charge in [0.05, 0.1) is 27.4 Å². The number of fused-ring (bicyclic) bond motifs is 3. The molecule has 4 heteroatoms. The molecule has 0 heterocycles. The van der Waals surface area contributed by atoms with Crippen LogP contribution in [0.2, 0.25) is 0 Å². The topological polar surface area (TPSA) is 47.9 Å². The third-order valence-electron chi connectivity index (χ3n) is 6.17. The molecule has 0 aromatic heterocycles. The monoisotopic (exact) mass is 354 g/mol. The van der Waals surface area contributed by atoms with E-state index in [4.69, 9.17) is 14.2 Å². The third-order valence-corrected chi connectivity index (χ3v) is 6.17. The molecule has 4 atom stereocenters. The van der Waals surface area contributed by atoms with Crippen LogP contribution in [0.3, 0.4) is 0 Å². The highest BCUT2D eigenvalue weighted by Crippen LogP contribution is 2.59. The van der Waals surface area contributed by atoms with Crippen molar-refractivity contribution in [3.05, 3.63) is 53.1 Å². The van der Waals surface area contributed by atoms with Crippen LogP contribution in [0.5, 0.6) is 17.2 Å². The summed E-state index contributed by atoms with van der Waals surface area (Å²) in [7, 11) is 5.00. The molecule has 4 rings (SSSR count). The SMILES string of the molecule is COc1ccc(C2C(O)c3c(OC)cc(OC)cc3C3CCCC32)cc1. The first-order chi connectivity index (χ1) is 12.7. The Morgan fingerprint density at radius 2 is 1.62 bits per heavy atom. The average Bonchev–Trinajstić information content (AvgIpc) is 3.17. The lowest BCUT2D eigenvalue weighted by atomic mass is 9.66. The molecule has 2 aliphatic rings. The molecule has 0 saturated heterocycles. The quantitative estimate of drug-likeness (QED) is 0.882. The van der Waals surface area contributed by atoms with Crippen LogP contribution in [-0.4, -0.2) is 26.4 Å². The zero-order chi connectivity index (χ0) is 18.3. The van der Waals surface area contributed by atoms with Crippen LogP contribution in [0.25, 0.3) is 0 Å². The second kappa shape index (κ2) is 6.84. The van der Waals surface area contributed by atoms with Crippen LogP contribution < -0.4 is 14.2 Å². The van der Waals surface area contributed by atoms with Crippen molar-refractivity contribution in [3.8, 4) is 17.2 Å². The molecular weight excluding hydrogens is 328 g/mol. The summed E-state index contributed by atoms with van der Waals surface area (Å²) in [5.41, 5.74) is 3.29. The Balaban J connectivity index is 1.84. The number of methoxy groups -OCH3 is 3. The first kappa shape index (κ1) is 17.2. The van der Waals surface area contributed by atoms with Gasteiger partial charge in [-0.3, -0.25) is 0 Å². The largest absolute Gasteiger partial charge is 0.497 e. The van der Waals surface area contributed by atoms with Gasteiger partial charge < -0.3 is 19.3 Å². The van der Waals surface area contributed by atoms with Crippen LogP contribution in [0.1, 0.15) is 53.9 Å². The minimum Gasteiger partial charge on any atom is -0.497 e. The van der Waals surface area contributed by atoms with E-state index in [-0.39, 0.29) is 5.92 Å². The number of aliphatic hydroxyl groups is 1. The molecule has 1 N–H and O–H groups in total. The lowest BCUT2D eigenvalue weighted by Gasteiger charge is -2.40. The molecule has 2 aromatic rings. The van der Waals surface area contributed by atoms with Gasteiger partial charge in [0.15, 0.2) is 0 Å². The van der Waals surface area contributed by atoms with Crippen molar-refractivity contribution in [2.45, 2.75) is 37.2 Å². The maximum absolute atomic E-state index is 11.4. The van der Waals surface area contributed by atoms with Crippen LogP contribution in [-0.2, 0) is 0 Å². The van der Waals surface area contributed by atoms with Crippen molar-refractivity contribution in [1.29, 1.82) is 0 Å². The summed E-state index contributed by atoms with van der Waals surface area (Å²) in [6.07, 6.45) is 2.89. The van der Waals surface area contributed by atoms with E-state index in [1.165, 1.54) is 17.5 Å². The lowest BCUT2D eigenvalue weighted by molar-refractivity contribution is 0.0940. The summed E-state index contributed by atoms with van der Waals surface area (Å²) in [4.78, 5) is 0. The fourth-order valence-electron chi connectivity index (χ4n) is 5.01. The number of hydrogen-bond acceptors (Lipinski definition) is 4. The number of rotatable bonds is 4. The lowest BCUT2D eigenvalue weighted by Crippen LogP contribution is -2.29. The third kappa shape index (κ3) is 2.64. The Kier molecular flexibility index (Phi) is 4.53. The highest BCUT2D eigenvalue weighted by Gasteiger charge is 2.46. The van der Waals surface area contributed by atoms with Gasteiger partial charge in [0.2, 0.25) is 0 Å². The van der Waals surface area contributed by atoms with Crippen molar-refractivity contribution in [2.75, 3.05) is 21.3 Å². The Morgan fingerprint density at radius 1 is 0.885 bits per heavy atom. The van der Waals surface area contributed by atoms with E-state index in [1.807, 2.05) is 18.2 Å². The van der Waals surface area contributed by atoms with E-state index in [9.17, 15) is 5.11 Å². The van der Waals surface area contributed by atoms with Crippen molar-refractivity contribution < 1.29 is 19.3 Å². The highest BCUT2D eigenvalue weighted by atomic mass is 16.5. The predicted molar refractivity (Wildman–Crippen MR) is 100 cm³/mol. The molecule has 4 unspecified atom stereocenters. The molecular formula is C22H26O4. The van der Waals surface area contributed by atoms with Crippen molar-refractivity contribution in [3.63, 3.8) is 0 Å². The summed E-state index contributed by atoms with van der Waals surface area (Å²) >= 11 is 0. The van der Waals surface area contributed by atoms with E-state index < -0.39 is 6.10 Å². The summed E-state index contributed by atoms with van der Waals surface area (Å²) in [5.74, 6) is 3.29. The van der Waals surface area contributed by atoms with E-state index in [0.717, 1.165) is 35.7 Å². The van der Waals surface area contributed by atoms with Gasteiger partial charge in [0.1, 0.15) is 17.2 Å². The van der Waals surface area contributed by atoms with Gasteiger partial charge >= 0.3 is 0 Å². The maximum Gasteiger partial charge on any atom is 0.128 e. The molecule has 4 nitrogen and oxygen atoms in total. The van der Waals surface area contributed by atoms with E-state index in [1.54, 1.807) is 21.3 Å². The Bertz CT molecular complexity index is 783. The van der Waals surface area contributed by atoms with Crippen LogP contribution in [0.4, 0.5) is 0 Å². The smallest absolute Gasteiger partial charge is 0.128 e. The highest BCUT2D eigenvalue weighted by molar-refractivity contribution is 5.53. The molecule has 138 valence electrons. The number of ether oxygens (including phenoxy) is 3. The normalized spacial score (nSPS) is 26.8. The van der Waals surface area contributed by atoms with E-state index in [2.05, 4.69) is 18.2 Å². The van der Waals surface area contributed by atoms with E-state index >= 15 is 0 Å². The molecule has 1 fully saturated rings. The fourth-order valence-corrected chi connectivity index (χ4v) is 5.01. The number of hydrogen-bond donors (Lipinski definition) is 1. The number of aliphatic hydroxyl groups excluding tert-OH is 1. The van der Waals surface area contributed by atoms with Gasteiger partial charge in [-0.25, -0.2) is 0 Å². The van der Waals surface area contributed by atoms with Gasteiger partial charge in [0, 0.05) is 17.5 Å². The first-order valence-corrected chi connectivity index (χ1v) is 9.25. The molecule has 0 radical (unpaired) electrons. The zero-order valence-corrected chi connectivity index (χ0v) is 15.6. The Labute approximate surface area is 154 Å². The standard InChI is InChI=1S/C22H26O4/c1-24-14-9-7-13(8-10-14)20-17-6-4-5-16(17)18-11-15(25-2)12-19(26-3)21(18)22(20)23/h7-12,16-17,20,22-23H,4-6H2,1-3H3. The molecule has 2 aliphatic carbocycles. The summed E-state index contributed by atoms with van der Waals surface area (Å²) in [6.45, 7) is 0. The van der Waals surface area contributed by atoms with Crippen LogP contribution in [0.15, 0.2) is 36.4 Å². The van der Waals surface area contributed by atoms with Gasteiger partial charge in [-0.2, -0.15) is 0 Å². The van der Waals surface area contributed by atoms with Crippen molar-refractivity contribution in [2.24, 2.45) is 5.92 Å². The van der Waals surface area contributed by atoms with Crippen molar-refractivity contribution in [1.82, 2.24) is 0 Å². The fraction of sp³-hybridized carbons (Fsp3) is 0.455. The van der Waals surface area contributed by atoms with Gasteiger partial charge in [-0.05, 0) is 54.0 Å². The minimum atomic E-state index is -0.585. The second-order valence-corrected chi connectivity index (χ2v) is 7.28. The summed E-state index contributed by atoms with van der Waals surface area (Å²) < 4.78 is 16.4.